The molecule has 0 fully saturated rings. The molecule has 6 aromatic carbocycles. The lowest BCUT2D eigenvalue weighted by atomic mass is 9.79. The molecule has 1 N–H and O–H groups in total. The van der Waals surface area contributed by atoms with E-state index in [9.17, 15) is 0 Å². The summed E-state index contributed by atoms with van der Waals surface area (Å²) in [7, 11) is 0. The van der Waals surface area contributed by atoms with Gasteiger partial charge in [0, 0.05) is 38.5 Å². The molecule has 4 aliphatic rings. The van der Waals surface area contributed by atoms with Crippen molar-refractivity contribution in [3.8, 4) is 0 Å². The van der Waals surface area contributed by atoms with Crippen LogP contribution in [0.25, 0.3) is 50.1 Å². The highest BCUT2D eigenvalue weighted by Crippen LogP contribution is 2.54. The van der Waals surface area contributed by atoms with Crippen molar-refractivity contribution < 1.29 is 4.42 Å². The first-order valence-electron chi connectivity index (χ1n) is 17.3. The Morgan fingerprint density at radius 1 is 0.755 bits per heavy atom. The van der Waals surface area contributed by atoms with Crippen LogP contribution in [0, 0.1) is 0 Å². The maximum Gasteiger partial charge on any atom is 0.150 e. The van der Waals surface area contributed by atoms with Gasteiger partial charge in [0.05, 0.1) is 17.4 Å². The van der Waals surface area contributed by atoms with Crippen LogP contribution >= 0.6 is 0 Å². The first kappa shape index (κ1) is 27.1. The van der Waals surface area contributed by atoms with E-state index in [-0.39, 0.29) is 17.6 Å². The Morgan fingerprint density at radius 3 is 2.47 bits per heavy atom. The number of para-hydroxylation sites is 2. The molecule has 1 aromatic heterocycles. The van der Waals surface area contributed by atoms with Gasteiger partial charge in [-0.1, -0.05) is 129 Å². The third-order valence-corrected chi connectivity index (χ3v) is 11.4. The number of anilines is 1. The van der Waals surface area contributed by atoms with Gasteiger partial charge in [0.15, 0.2) is 6.17 Å². The second kappa shape index (κ2) is 9.61. The molecule has 11 rings (SSSR count). The molecule has 0 saturated carbocycles. The zero-order chi connectivity index (χ0) is 32.4. The SMILES string of the molecule is CC1(C)C2=C(NC(c3cccc4c3oc3ccccc34)N=C2N2c3ccc4ccccc4c3C3=Cc4ccccc4CC32)c2ccccc21. The fourth-order valence-corrected chi connectivity index (χ4v) is 9.15. The molecular formula is C45H33N3O. The molecule has 2 atom stereocenters. The minimum absolute atomic E-state index is 0.114. The Hall–Kier alpha value is -5.87. The van der Waals surface area contributed by atoms with Gasteiger partial charge < -0.3 is 14.6 Å². The molecule has 2 aliphatic carbocycles. The van der Waals surface area contributed by atoms with Crippen molar-refractivity contribution in [2.24, 2.45) is 4.99 Å². The van der Waals surface area contributed by atoms with E-state index < -0.39 is 0 Å². The number of fused-ring (bicyclic) bond motifs is 11. The molecule has 0 bridgehead atoms. The fraction of sp³-hybridized carbons (Fsp3) is 0.133. The maximum absolute atomic E-state index is 6.60. The van der Waals surface area contributed by atoms with E-state index in [0.29, 0.717) is 0 Å². The molecule has 49 heavy (non-hydrogen) atoms. The molecule has 0 radical (unpaired) electrons. The zero-order valence-electron chi connectivity index (χ0n) is 27.4. The summed E-state index contributed by atoms with van der Waals surface area (Å²) in [5.74, 6) is 1.04. The maximum atomic E-state index is 6.60. The highest BCUT2D eigenvalue weighted by molar-refractivity contribution is 6.24. The summed E-state index contributed by atoms with van der Waals surface area (Å²) in [6.07, 6.45) is 3.01. The average Bonchev–Trinajstić information content (AvgIpc) is 3.76. The van der Waals surface area contributed by atoms with Crippen LogP contribution in [0.15, 0.2) is 142 Å². The number of rotatable bonds is 1. The largest absolute Gasteiger partial charge is 0.456 e. The standard InChI is InChI=1S/C45H33N3O/c1-45(2)35-20-9-7-17-32(35)41-40(45)44(47-43(46-41)33-19-11-18-31-30-16-8-10-21-38(30)49-42(31)33)48-36-23-22-26-12-5-6-15-29(26)39(36)34-24-27-13-3-4-14-28(27)25-37(34)48/h3-24,37,43,46H,25H2,1-2H3. The number of aliphatic imine (C=N–C) groups is 1. The Morgan fingerprint density at radius 2 is 1.53 bits per heavy atom. The van der Waals surface area contributed by atoms with Crippen molar-refractivity contribution in [2.75, 3.05) is 4.90 Å². The molecule has 4 nitrogen and oxygen atoms in total. The van der Waals surface area contributed by atoms with E-state index in [2.05, 4.69) is 151 Å². The fourth-order valence-electron chi connectivity index (χ4n) is 9.15. The lowest BCUT2D eigenvalue weighted by molar-refractivity contribution is 0.605. The van der Waals surface area contributed by atoms with Gasteiger partial charge in [-0.3, -0.25) is 0 Å². The Labute approximate surface area is 284 Å². The number of amidine groups is 1. The van der Waals surface area contributed by atoms with Gasteiger partial charge in [0.2, 0.25) is 0 Å². The van der Waals surface area contributed by atoms with Crippen LogP contribution in [0.3, 0.4) is 0 Å². The van der Waals surface area contributed by atoms with Crippen molar-refractivity contribution >= 4 is 61.6 Å². The molecule has 0 spiro atoms. The van der Waals surface area contributed by atoms with E-state index >= 15 is 0 Å². The summed E-state index contributed by atoms with van der Waals surface area (Å²) >= 11 is 0. The van der Waals surface area contributed by atoms with Crippen LogP contribution in [0.1, 0.15) is 53.4 Å². The minimum Gasteiger partial charge on any atom is -0.456 e. The van der Waals surface area contributed by atoms with Gasteiger partial charge in [-0.15, -0.1) is 0 Å². The van der Waals surface area contributed by atoms with Crippen molar-refractivity contribution in [1.82, 2.24) is 5.32 Å². The number of furan rings is 1. The van der Waals surface area contributed by atoms with E-state index in [4.69, 9.17) is 9.41 Å². The van der Waals surface area contributed by atoms with Crippen LogP contribution < -0.4 is 10.2 Å². The average molecular weight is 632 g/mol. The van der Waals surface area contributed by atoms with Crippen molar-refractivity contribution in [3.05, 3.63) is 166 Å². The molecule has 7 aromatic rings. The number of nitrogens with one attached hydrogen (secondary N) is 1. The van der Waals surface area contributed by atoms with E-state index in [1.54, 1.807) is 0 Å². The van der Waals surface area contributed by atoms with Crippen LogP contribution in [-0.2, 0) is 11.8 Å². The van der Waals surface area contributed by atoms with Crippen molar-refractivity contribution in [2.45, 2.75) is 37.9 Å². The summed E-state index contributed by atoms with van der Waals surface area (Å²) in [6.45, 7) is 4.71. The highest BCUT2D eigenvalue weighted by Gasteiger charge is 2.49. The van der Waals surface area contributed by atoms with Gasteiger partial charge in [-0.05, 0) is 57.7 Å². The Bertz CT molecular complexity index is 2670. The van der Waals surface area contributed by atoms with Crippen LogP contribution in [0.4, 0.5) is 5.69 Å². The third kappa shape index (κ3) is 3.61. The van der Waals surface area contributed by atoms with Gasteiger partial charge in [0.25, 0.3) is 0 Å². The third-order valence-electron chi connectivity index (χ3n) is 11.4. The lowest BCUT2D eigenvalue weighted by Crippen LogP contribution is -2.46. The van der Waals surface area contributed by atoms with Crippen LogP contribution in [0.5, 0.6) is 0 Å². The molecule has 2 aliphatic heterocycles. The molecule has 234 valence electrons. The normalized spacial score (nSPS) is 20.0. The van der Waals surface area contributed by atoms with Crippen LogP contribution in [-0.4, -0.2) is 11.9 Å². The molecule has 3 heterocycles. The van der Waals surface area contributed by atoms with E-state index in [1.807, 2.05) is 6.07 Å². The van der Waals surface area contributed by atoms with Crippen molar-refractivity contribution in [3.63, 3.8) is 0 Å². The smallest absolute Gasteiger partial charge is 0.150 e. The van der Waals surface area contributed by atoms with Gasteiger partial charge >= 0.3 is 0 Å². The summed E-state index contributed by atoms with van der Waals surface area (Å²) in [5, 5.41) is 8.76. The van der Waals surface area contributed by atoms with E-state index in [0.717, 1.165) is 39.8 Å². The minimum atomic E-state index is -0.340. The number of benzene rings is 6. The lowest BCUT2D eigenvalue weighted by Gasteiger charge is -2.38. The quantitative estimate of drug-likeness (QED) is 0.196. The first-order chi connectivity index (χ1) is 24.1. The van der Waals surface area contributed by atoms with E-state index in [1.165, 1.54) is 61.1 Å². The van der Waals surface area contributed by atoms with Gasteiger partial charge in [-0.25, -0.2) is 4.99 Å². The van der Waals surface area contributed by atoms with Gasteiger partial charge in [-0.2, -0.15) is 0 Å². The molecular weight excluding hydrogens is 599 g/mol. The number of hydrogen-bond donors (Lipinski definition) is 1. The molecule has 0 amide bonds. The molecule has 2 unspecified atom stereocenters. The summed E-state index contributed by atoms with van der Waals surface area (Å²) in [4.78, 5) is 8.37. The number of hydrogen-bond acceptors (Lipinski definition) is 4. The first-order valence-corrected chi connectivity index (χ1v) is 17.3. The number of nitrogens with zero attached hydrogens (tertiary/aromatic N) is 2. The predicted molar refractivity (Wildman–Crippen MR) is 202 cm³/mol. The Kier molecular flexibility index (Phi) is 5.32. The second-order valence-corrected chi connectivity index (χ2v) is 14.3. The highest BCUT2D eigenvalue weighted by atomic mass is 16.3. The second-order valence-electron chi connectivity index (χ2n) is 14.3. The van der Waals surface area contributed by atoms with Gasteiger partial charge in [0.1, 0.15) is 17.0 Å². The van der Waals surface area contributed by atoms with Crippen LogP contribution in [0.2, 0.25) is 0 Å². The molecule has 0 saturated heterocycles. The summed E-state index contributed by atoms with van der Waals surface area (Å²) < 4.78 is 6.60. The summed E-state index contributed by atoms with van der Waals surface area (Å²) in [5.41, 5.74) is 14.2. The summed E-state index contributed by atoms with van der Waals surface area (Å²) in [6, 6.07) is 46.1. The molecule has 4 heteroatoms. The topological polar surface area (TPSA) is 40.8 Å². The zero-order valence-corrected chi connectivity index (χ0v) is 27.4. The predicted octanol–water partition coefficient (Wildman–Crippen LogP) is 10.4. The van der Waals surface area contributed by atoms with Crippen molar-refractivity contribution in [1.29, 1.82) is 0 Å². The Balaban J connectivity index is 1.19. The monoisotopic (exact) mass is 631 g/mol.